The summed E-state index contributed by atoms with van der Waals surface area (Å²) in [7, 11) is 0. The molecule has 1 heteroatoms. The maximum absolute atomic E-state index is 8.95. The van der Waals surface area contributed by atoms with E-state index in [0.717, 1.165) is 25.7 Å². The molecule has 0 saturated carbocycles. The standard InChI is InChI=1S/C11H20O/c1-3-4-5-6-7-8-9-10-11(2)12/h3,7-8,11-12H,1,4-6,9-10H2,2H3. The van der Waals surface area contributed by atoms with E-state index in [-0.39, 0.29) is 6.10 Å². The third-order valence-electron chi connectivity index (χ3n) is 1.70. The van der Waals surface area contributed by atoms with Crippen molar-refractivity contribution in [2.45, 2.75) is 45.1 Å². The number of hydrogen-bond acceptors (Lipinski definition) is 1. The minimum absolute atomic E-state index is 0.164. The molecule has 70 valence electrons. The molecule has 0 amide bonds. The lowest BCUT2D eigenvalue weighted by Crippen LogP contribution is -1.96. The van der Waals surface area contributed by atoms with Gasteiger partial charge in [-0.05, 0) is 39.0 Å². The Balaban J connectivity index is 3.08. The summed E-state index contributed by atoms with van der Waals surface area (Å²) in [6.07, 6.45) is 11.4. The van der Waals surface area contributed by atoms with Gasteiger partial charge in [0.15, 0.2) is 0 Å². The van der Waals surface area contributed by atoms with Gasteiger partial charge in [0.05, 0.1) is 6.10 Å². The number of rotatable bonds is 7. The average Bonchev–Trinajstić information content (AvgIpc) is 2.02. The minimum Gasteiger partial charge on any atom is -0.393 e. The van der Waals surface area contributed by atoms with E-state index in [1.165, 1.54) is 6.42 Å². The quantitative estimate of drug-likeness (QED) is 0.457. The number of hydrogen-bond donors (Lipinski definition) is 1. The summed E-state index contributed by atoms with van der Waals surface area (Å²) >= 11 is 0. The molecule has 0 spiro atoms. The summed E-state index contributed by atoms with van der Waals surface area (Å²) in [5, 5.41) is 8.95. The van der Waals surface area contributed by atoms with Crippen molar-refractivity contribution >= 4 is 0 Å². The lowest BCUT2D eigenvalue weighted by molar-refractivity contribution is 0.186. The molecule has 0 aliphatic heterocycles. The first-order chi connectivity index (χ1) is 5.77. The van der Waals surface area contributed by atoms with Crippen LogP contribution in [0.1, 0.15) is 39.0 Å². The highest BCUT2D eigenvalue weighted by Gasteiger charge is 1.90. The number of allylic oxidation sites excluding steroid dienone is 3. The van der Waals surface area contributed by atoms with Gasteiger partial charge in [-0.2, -0.15) is 0 Å². The topological polar surface area (TPSA) is 20.2 Å². The van der Waals surface area contributed by atoms with Gasteiger partial charge in [0.1, 0.15) is 0 Å². The van der Waals surface area contributed by atoms with E-state index >= 15 is 0 Å². The number of aliphatic hydroxyl groups is 1. The van der Waals surface area contributed by atoms with Crippen LogP contribution in [-0.4, -0.2) is 11.2 Å². The molecule has 0 aliphatic rings. The molecule has 0 aliphatic carbocycles. The van der Waals surface area contributed by atoms with Crippen molar-refractivity contribution < 1.29 is 5.11 Å². The Bertz CT molecular complexity index is 125. The van der Waals surface area contributed by atoms with Gasteiger partial charge >= 0.3 is 0 Å². The van der Waals surface area contributed by atoms with E-state index in [4.69, 9.17) is 5.11 Å². The number of aliphatic hydroxyl groups excluding tert-OH is 1. The molecule has 0 rings (SSSR count). The molecule has 0 radical (unpaired) electrons. The highest BCUT2D eigenvalue weighted by Crippen LogP contribution is 2.00. The minimum atomic E-state index is -0.164. The summed E-state index contributed by atoms with van der Waals surface area (Å²) in [4.78, 5) is 0. The number of unbranched alkanes of at least 4 members (excludes halogenated alkanes) is 2. The molecule has 0 saturated heterocycles. The molecule has 0 aromatic heterocycles. The lowest BCUT2D eigenvalue weighted by Gasteiger charge is -1.98. The van der Waals surface area contributed by atoms with Gasteiger partial charge in [0.2, 0.25) is 0 Å². The van der Waals surface area contributed by atoms with Crippen molar-refractivity contribution in [2.24, 2.45) is 0 Å². The molecule has 1 N–H and O–H groups in total. The lowest BCUT2D eigenvalue weighted by atomic mass is 10.2. The summed E-state index contributed by atoms with van der Waals surface area (Å²) in [6.45, 7) is 5.49. The fourth-order valence-corrected chi connectivity index (χ4v) is 0.953. The average molecular weight is 168 g/mol. The van der Waals surface area contributed by atoms with E-state index in [9.17, 15) is 0 Å². The van der Waals surface area contributed by atoms with Gasteiger partial charge in [-0.25, -0.2) is 0 Å². The predicted octanol–water partition coefficient (Wildman–Crippen LogP) is 3.06. The molecule has 1 nitrogen and oxygen atoms in total. The molecular formula is C11H20O. The summed E-state index contributed by atoms with van der Waals surface area (Å²) in [6, 6.07) is 0. The summed E-state index contributed by atoms with van der Waals surface area (Å²) < 4.78 is 0. The van der Waals surface area contributed by atoms with Gasteiger partial charge in [0, 0.05) is 0 Å². The van der Waals surface area contributed by atoms with Crippen molar-refractivity contribution in [2.75, 3.05) is 0 Å². The molecule has 1 unspecified atom stereocenters. The Labute approximate surface area is 75.8 Å². The zero-order valence-electron chi connectivity index (χ0n) is 8.00. The van der Waals surface area contributed by atoms with Crippen LogP contribution < -0.4 is 0 Å². The molecule has 0 fully saturated rings. The van der Waals surface area contributed by atoms with Crippen molar-refractivity contribution in [1.82, 2.24) is 0 Å². The first kappa shape index (κ1) is 11.4. The maximum atomic E-state index is 8.95. The maximum Gasteiger partial charge on any atom is 0.0515 e. The van der Waals surface area contributed by atoms with E-state index < -0.39 is 0 Å². The van der Waals surface area contributed by atoms with Gasteiger partial charge in [-0.1, -0.05) is 18.2 Å². The molecular weight excluding hydrogens is 148 g/mol. The van der Waals surface area contributed by atoms with Crippen molar-refractivity contribution in [1.29, 1.82) is 0 Å². The molecule has 1 atom stereocenters. The SMILES string of the molecule is C=CCCCC=CCCC(C)O. The summed E-state index contributed by atoms with van der Waals surface area (Å²) in [5.41, 5.74) is 0. The molecule has 12 heavy (non-hydrogen) atoms. The third kappa shape index (κ3) is 9.44. The van der Waals surface area contributed by atoms with E-state index in [2.05, 4.69) is 18.7 Å². The van der Waals surface area contributed by atoms with Crippen LogP contribution in [0, 0.1) is 0 Å². The highest BCUT2D eigenvalue weighted by atomic mass is 16.3. The van der Waals surface area contributed by atoms with Crippen molar-refractivity contribution in [3.05, 3.63) is 24.8 Å². The van der Waals surface area contributed by atoms with Crippen molar-refractivity contribution in [3.8, 4) is 0 Å². The summed E-state index contributed by atoms with van der Waals surface area (Å²) in [5.74, 6) is 0. The van der Waals surface area contributed by atoms with E-state index in [1.54, 1.807) is 0 Å². The fraction of sp³-hybridized carbons (Fsp3) is 0.636. The second kappa shape index (κ2) is 8.54. The Hall–Kier alpha value is -0.560. The van der Waals surface area contributed by atoms with Crippen LogP contribution in [-0.2, 0) is 0 Å². The van der Waals surface area contributed by atoms with Gasteiger partial charge in [-0.15, -0.1) is 6.58 Å². The van der Waals surface area contributed by atoms with E-state index in [0.29, 0.717) is 0 Å². The van der Waals surface area contributed by atoms with Gasteiger partial charge in [0.25, 0.3) is 0 Å². The zero-order valence-corrected chi connectivity index (χ0v) is 8.00. The smallest absolute Gasteiger partial charge is 0.0515 e. The Morgan fingerprint density at radius 3 is 2.50 bits per heavy atom. The molecule has 0 heterocycles. The Kier molecular flexibility index (Phi) is 8.14. The first-order valence-corrected chi connectivity index (χ1v) is 4.71. The van der Waals surface area contributed by atoms with E-state index in [1.807, 2.05) is 13.0 Å². The molecule has 0 aromatic rings. The van der Waals surface area contributed by atoms with Crippen molar-refractivity contribution in [3.63, 3.8) is 0 Å². The Morgan fingerprint density at radius 1 is 1.25 bits per heavy atom. The third-order valence-corrected chi connectivity index (χ3v) is 1.70. The van der Waals surface area contributed by atoms with Crippen LogP contribution in [0.4, 0.5) is 0 Å². The molecule has 0 bridgehead atoms. The van der Waals surface area contributed by atoms with Crippen LogP contribution >= 0.6 is 0 Å². The normalized spacial score (nSPS) is 13.5. The van der Waals surface area contributed by atoms with Gasteiger partial charge < -0.3 is 5.11 Å². The van der Waals surface area contributed by atoms with Crippen LogP contribution in [0.2, 0.25) is 0 Å². The van der Waals surface area contributed by atoms with Crippen LogP contribution in [0.25, 0.3) is 0 Å². The highest BCUT2D eigenvalue weighted by molar-refractivity contribution is 4.82. The monoisotopic (exact) mass is 168 g/mol. The predicted molar refractivity (Wildman–Crippen MR) is 54.1 cm³/mol. The van der Waals surface area contributed by atoms with Crippen LogP contribution in [0.5, 0.6) is 0 Å². The Morgan fingerprint density at radius 2 is 1.92 bits per heavy atom. The zero-order chi connectivity index (χ0) is 9.23. The second-order valence-corrected chi connectivity index (χ2v) is 3.12. The second-order valence-electron chi connectivity index (χ2n) is 3.12. The van der Waals surface area contributed by atoms with Gasteiger partial charge in [-0.3, -0.25) is 0 Å². The molecule has 0 aromatic carbocycles. The largest absolute Gasteiger partial charge is 0.393 e. The first-order valence-electron chi connectivity index (χ1n) is 4.71. The van der Waals surface area contributed by atoms with Crippen LogP contribution in [0.3, 0.4) is 0 Å². The van der Waals surface area contributed by atoms with Crippen LogP contribution in [0.15, 0.2) is 24.8 Å². The fourth-order valence-electron chi connectivity index (χ4n) is 0.953.